The molecule has 0 N–H and O–H groups in total. The van der Waals surface area contributed by atoms with Crippen LogP contribution in [0.2, 0.25) is 0 Å². The topological polar surface area (TPSA) is 67.2 Å². The van der Waals surface area contributed by atoms with Crippen LogP contribution in [-0.4, -0.2) is 11.1 Å². The molecule has 0 unspecified atom stereocenters. The summed E-state index contributed by atoms with van der Waals surface area (Å²) in [5, 5.41) is 8.72. The highest BCUT2D eigenvalue weighted by atomic mass is 32.2. The lowest BCUT2D eigenvalue weighted by Gasteiger charge is -2.06. The Bertz CT molecular complexity index is 838. The van der Waals surface area contributed by atoms with Gasteiger partial charge in [-0.3, -0.25) is 9.59 Å². The Hall–Kier alpha value is -2.58. The third-order valence-corrected chi connectivity index (χ3v) is 5.68. The molecule has 0 heterocycles. The zero-order valence-electron chi connectivity index (χ0n) is 17.6. The highest BCUT2D eigenvalue weighted by Gasteiger charge is 2.10. The minimum Gasteiger partial charge on any atom is -0.427 e. The van der Waals surface area contributed by atoms with Crippen molar-refractivity contribution in [2.45, 2.75) is 69.6 Å². The van der Waals surface area contributed by atoms with Crippen molar-refractivity contribution in [3.8, 4) is 11.8 Å². The average molecular weight is 424 g/mol. The molecule has 0 saturated heterocycles. The number of thioether (sulfide) groups is 1. The van der Waals surface area contributed by atoms with E-state index in [1.165, 1.54) is 38.5 Å². The molecule has 2 aromatic rings. The second-order valence-electron chi connectivity index (χ2n) is 7.25. The second-order valence-corrected chi connectivity index (χ2v) is 8.30. The Labute approximate surface area is 183 Å². The number of benzene rings is 2. The number of hydrogen-bond donors (Lipinski definition) is 0. The Morgan fingerprint density at radius 3 is 2.07 bits per heavy atom. The van der Waals surface area contributed by atoms with Gasteiger partial charge in [-0.1, -0.05) is 51.9 Å². The summed E-state index contributed by atoms with van der Waals surface area (Å²) in [4.78, 5) is 25.1. The summed E-state index contributed by atoms with van der Waals surface area (Å²) in [5.74, 6) is 0.228. The van der Waals surface area contributed by atoms with Gasteiger partial charge in [-0.05, 0) is 66.7 Å². The normalized spacial score (nSPS) is 10.4. The molecule has 0 amide bonds. The highest BCUT2D eigenvalue weighted by Crippen LogP contribution is 2.24. The molecule has 30 heavy (non-hydrogen) atoms. The number of unbranched alkanes of at least 4 members (excludes halogenated alkanes) is 7. The van der Waals surface area contributed by atoms with Gasteiger partial charge in [0, 0.05) is 16.9 Å². The van der Waals surface area contributed by atoms with Gasteiger partial charge in [-0.2, -0.15) is 5.26 Å². The summed E-state index contributed by atoms with van der Waals surface area (Å²) in [5.41, 5.74) is 1.09. The van der Waals surface area contributed by atoms with Crippen molar-refractivity contribution < 1.29 is 14.3 Å². The van der Waals surface area contributed by atoms with Crippen molar-refractivity contribution in [1.29, 1.82) is 5.26 Å². The van der Waals surface area contributed by atoms with Crippen LogP contribution in [0.25, 0.3) is 0 Å². The molecule has 0 fully saturated rings. The van der Waals surface area contributed by atoms with Gasteiger partial charge < -0.3 is 4.74 Å². The fraction of sp³-hybridized carbons (Fsp3) is 0.400. The summed E-state index contributed by atoms with van der Waals surface area (Å²) >= 11 is 1.10. The maximum Gasteiger partial charge on any atom is 0.311 e. The number of nitriles is 1. The second kappa shape index (κ2) is 13.6. The predicted octanol–water partition coefficient (Wildman–Crippen LogP) is 6.93. The molecule has 0 aliphatic carbocycles. The molecule has 0 atom stereocenters. The molecule has 0 spiro atoms. The van der Waals surface area contributed by atoms with Crippen LogP contribution in [0.15, 0.2) is 53.4 Å². The van der Waals surface area contributed by atoms with Gasteiger partial charge in [0.15, 0.2) is 0 Å². The van der Waals surface area contributed by atoms with Gasteiger partial charge in [0.25, 0.3) is 0 Å². The van der Waals surface area contributed by atoms with Crippen LogP contribution in [0.3, 0.4) is 0 Å². The van der Waals surface area contributed by atoms with E-state index in [1.807, 2.05) is 0 Å². The van der Waals surface area contributed by atoms with Crippen molar-refractivity contribution in [2.24, 2.45) is 0 Å². The number of carbonyl (C=O) groups excluding carboxylic acids is 2. The third-order valence-electron chi connectivity index (χ3n) is 4.75. The third kappa shape index (κ3) is 8.84. The molecule has 0 aliphatic heterocycles. The molecular formula is C25H29NO3S. The van der Waals surface area contributed by atoms with Gasteiger partial charge in [-0.15, -0.1) is 0 Å². The van der Waals surface area contributed by atoms with Crippen LogP contribution in [0.4, 0.5) is 0 Å². The predicted molar refractivity (Wildman–Crippen MR) is 121 cm³/mol. The Balaban J connectivity index is 1.69. The van der Waals surface area contributed by atoms with E-state index in [0.29, 0.717) is 23.3 Å². The van der Waals surface area contributed by atoms with E-state index in [9.17, 15) is 9.59 Å². The first kappa shape index (κ1) is 23.7. The van der Waals surface area contributed by atoms with Crippen LogP contribution in [0.1, 0.15) is 80.6 Å². The van der Waals surface area contributed by atoms with E-state index in [-0.39, 0.29) is 11.1 Å². The molecule has 2 aromatic carbocycles. The Morgan fingerprint density at radius 2 is 1.47 bits per heavy atom. The van der Waals surface area contributed by atoms with E-state index in [2.05, 4.69) is 13.0 Å². The van der Waals surface area contributed by atoms with Crippen LogP contribution >= 0.6 is 11.8 Å². The largest absolute Gasteiger partial charge is 0.427 e. The lowest BCUT2D eigenvalue weighted by molar-refractivity contribution is -0.134. The standard InChI is InChI=1S/C25H29NO3S/c1-2-3-4-5-6-7-8-9-10-24(27)29-22-15-13-21(14-16-22)25(28)30-23-17-11-20(19-26)12-18-23/h11-18H,2-10H2,1H3. The maximum absolute atomic E-state index is 12.4. The number of esters is 1. The minimum absolute atomic E-state index is 0.100. The zero-order valence-corrected chi connectivity index (χ0v) is 18.4. The molecule has 158 valence electrons. The lowest BCUT2D eigenvalue weighted by Crippen LogP contribution is -2.07. The molecule has 0 bridgehead atoms. The van der Waals surface area contributed by atoms with Gasteiger partial charge in [-0.25, -0.2) is 0 Å². The maximum atomic E-state index is 12.4. The Kier molecular flexibility index (Phi) is 10.7. The molecule has 0 radical (unpaired) electrons. The first-order chi connectivity index (χ1) is 14.6. The SMILES string of the molecule is CCCCCCCCCCC(=O)Oc1ccc(C(=O)Sc2ccc(C#N)cc2)cc1. The molecular weight excluding hydrogens is 394 g/mol. The van der Waals surface area contributed by atoms with E-state index >= 15 is 0 Å². The summed E-state index contributed by atoms with van der Waals surface area (Å²) in [6.45, 7) is 2.22. The zero-order chi connectivity index (χ0) is 21.6. The summed E-state index contributed by atoms with van der Waals surface area (Å²) < 4.78 is 5.36. The Morgan fingerprint density at radius 1 is 0.867 bits per heavy atom. The molecule has 2 rings (SSSR count). The first-order valence-corrected chi connectivity index (χ1v) is 11.5. The van der Waals surface area contributed by atoms with E-state index in [1.54, 1.807) is 48.5 Å². The van der Waals surface area contributed by atoms with Crippen LogP contribution < -0.4 is 4.74 Å². The lowest BCUT2D eigenvalue weighted by atomic mass is 10.1. The first-order valence-electron chi connectivity index (χ1n) is 10.7. The fourth-order valence-corrected chi connectivity index (χ4v) is 3.75. The minimum atomic E-state index is -0.230. The van der Waals surface area contributed by atoms with Crippen molar-refractivity contribution in [1.82, 2.24) is 0 Å². The number of ether oxygens (including phenoxy) is 1. The van der Waals surface area contributed by atoms with Crippen molar-refractivity contribution >= 4 is 22.8 Å². The van der Waals surface area contributed by atoms with E-state index < -0.39 is 0 Å². The number of carbonyl (C=O) groups is 2. The number of nitrogens with zero attached hydrogens (tertiary/aromatic N) is 1. The van der Waals surface area contributed by atoms with Gasteiger partial charge in [0.1, 0.15) is 5.75 Å². The monoisotopic (exact) mass is 423 g/mol. The molecule has 5 heteroatoms. The molecule has 0 aromatic heterocycles. The molecule has 4 nitrogen and oxygen atoms in total. The van der Waals surface area contributed by atoms with Crippen LogP contribution in [0.5, 0.6) is 5.75 Å². The molecule has 0 saturated carbocycles. The smallest absolute Gasteiger partial charge is 0.311 e. The number of rotatable bonds is 12. The molecule has 0 aliphatic rings. The van der Waals surface area contributed by atoms with Gasteiger partial charge >= 0.3 is 5.97 Å². The fourth-order valence-electron chi connectivity index (χ4n) is 3.01. The van der Waals surface area contributed by atoms with Crippen LogP contribution in [-0.2, 0) is 4.79 Å². The van der Waals surface area contributed by atoms with Gasteiger partial charge in [0.2, 0.25) is 5.12 Å². The van der Waals surface area contributed by atoms with Gasteiger partial charge in [0.05, 0.1) is 11.6 Å². The quantitative estimate of drug-likeness (QED) is 0.160. The van der Waals surface area contributed by atoms with Crippen molar-refractivity contribution in [3.63, 3.8) is 0 Å². The van der Waals surface area contributed by atoms with Crippen molar-refractivity contribution in [2.75, 3.05) is 0 Å². The summed E-state index contributed by atoms with van der Waals surface area (Å²) in [7, 11) is 0. The summed E-state index contributed by atoms with van der Waals surface area (Å²) in [6.07, 6.45) is 9.91. The van der Waals surface area contributed by atoms with E-state index in [0.717, 1.165) is 29.5 Å². The highest BCUT2D eigenvalue weighted by molar-refractivity contribution is 8.14. The van der Waals surface area contributed by atoms with Crippen LogP contribution in [0, 0.1) is 11.3 Å². The summed E-state index contributed by atoms with van der Waals surface area (Å²) in [6, 6.07) is 15.6. The number of hydrogen-bond acceptors (Lipinski definition) is 5. The average Bonchev–Trinajstić information content (AvgIpc) is 2.76. The van der Waals surface area contributed by atoms with E-state index in [4.69, 9.17) is 10.00 Å². The van der Waals surface area contributed by atoms with Crippen molar-refractivity contribution in [3.05, 3.63) is 59.7 Å².